The number of nitrogens with one attached hydrogen (secondary N) is 3. The molecular formula is C14H20FN5O3. The second-order valence-electron chi connectivity index (χ2n) is 5.22. The molecule has 0 aromatic heterocycles. The zero-order chi connectivity index (χ0) is 17.0. The molecule has 1 heterocycles. The lowest BCUT2D eigenvalue weighted by atomic mass is 10.0. The molecular weight excluding hydrogens is 305 g/mol. The van der Waals surface area contributed by atoms with Crippen LogP contribution in [0.25, 0.3) is 0 Å². The van der Waals surface area contributed by atoms with E-state index in [2.05, 4.69) is 16.3 Å². The van der Waals surface area contributed by atoms with Gasteiger partial charge in [0.1, 0.15) is 11.9 Å². The lowest BCUT2D eigenvalue weighted by molar-refractivity contribution is -0.138. The first-order valence-corrected chi connectivity index (χ1v) is 7.24. The van der Waals surface area contributed by atoms with Crippen LogP contribution in [-0.4, -0.2) is 47.7 Å². The maximum absolute atomic E-state index is 13.8. The van der Waals surface area contributed by atoms with Crippen LogP contribution in [-0.2, 0) is 4.79 Å². The van der Waals surface area contributed by atoms with Gasteiger partial charge in [-0.25, -0.2) is 14.8 Å². The van der Waals surface area contributed by atoms with E-state index in [4.69, 9.17) is 10.8 Å². The number of carboxylic acid groups (broad SMARTS) is 1. The van der Waals surface area contributed by atoms with E-state index in [0.717, 1.165) is 6.07 Å². The average Bonchev–Trinajstić information content (AvgIpc) is 3.00. The highest BCUT2D eigenvalue weighted by atomic mass is 19.1. The van der Waals surface area contributed by atoms with Gasteiger partial charge in [0.2, 0.25) is 0 Å². The molecule has 6 N–H and O–H groups in total. The molecule has 0 bridgehead atoms. The highest BCUT2D eigenvalue weighted by Crippen LogP contribution is 2.23. The third-order valence-electron chi connectivity index (χ3n) is 3.60. The molecule has 23 heavy (non-hydrogen) atoms. The van der Waals surface area contributed by atoms with Crippen LogP contribution in [0.2, 0.25) is 0 Å². The molecule has 9 heteroatoms. The van der Waals surface area contributed by atoms with Crippen LogP contribution in [0.4, 0.5) is 4.39 Å². The number of hydrogen-bond acceptors (Lipinski definition) is 6. The summed E-state index contributed by atoms with van der Waals surface area (Å²) in [7, 11) is 0. The first-order valence-electron chi connectivity index (χ1n) is 7.24. The lowest BCUT2D eigenvalue weighted by Gasteiger charge is -2.21. The van der Waals surface area contributed by atoms with Gasteiger partial charge in [-0.15, -0.1) is 0 Å². The molecule has 126 valence electrons. The summed E-state index contributed by atoms with van der Waals surface area (Å²) in [5.74, 6) is -2.31. The number of likely N-dealkylation sites (N-methyl/N-ethyl adjacent to an activating group) is 1. The minimum Gasteiger partial charge on any atom is -0.480 e. The van der Waals surface area contributed by atoms with Gasteiger partial charge in [0.25, 0.3) is 5.91 Å². The molecule has 1 fully saturated rings. The smallest absolute Gasteiger partial charge is 0.322 e. The number of halogens is 1. The van der Waals surface area contributed by atoms with E-state index >= 15 is 0 Å². The first-order chi connectivity index (χ1) is 10.9. The van der Waals surface area contributed by atoms with Crippen LogP contribution in [0.5, 0.6) is 0 Å². The number of nitrogens with zero attached hydrogens (tertiary/aromatic N) is 1. The molecule has 2 rings (SSSR count). The number of aliphatic carboxylic acids is 1. The van der Waals surface area contributed by atoms with Crippen LogP contribution < -0.4 is 22.0 Å². The van der Waals surface area contributed by atoms with Crippen molar-refractivity contribution in [1.82, 2.24) is 21.3 Å². The molecule has 1 saturated heterocycles. The number of benzene rings is 1. The predicted molar refractivity (Wildman–Crippen MR) is 80.6 cm³/mol. The zero-order valence-corrected chi connectivity index (χ0v) is 12.7. The number of carboxylic acids is 1. The molecule has 1 unspecified atom stereocenters. The Morgan fingerprint density at radius 2 is 2.26 bits per heavy atom. The summed E-state index contributed by atoms with van der Waals surface area (Å²) in [4.78, 5) is 22.7. The molecule has 1 aromatic carbocycles. The Hall–Kier alpha value is -2.07. The third kappa shape index (κ3) is 4.23. The number of nitrogens with two attached hydrogens (primary N) is 1. The predicted octanol–water partition coefficient (Wildman–Crippen LogP) is -0.647. The Balaban J connectivity index is 2.13. The zero-order valence-electron chi connectivity index (χ0n) is 12.7. The molecule has 1 aliphatic heterocycles. The van der Waals surface area contributed by atoms with E-state index in [9.17, 15) is 14.0 Å². The topological polar surface area (TPSA) is 120 Å². The summed E-state index contributed by atoms with van der Waals surface area (Å²) in [5, 5.41) is 13.0. The molecule has 1 aromatic rings. The molecule has 0 spiro atoms. The fourth-order valence-electron chi connectivity index (χ4n) is 2.36. The summed E-state index contributed by atoms with van der Waals surface area (Å²) in [6.07, 6.45) is 0. The van der Waals surface area contributed by atoms with Gasteiger partial charge < -0.3 is 16.2 Å². The Bertz CT molecular complexity index is 598. The summed E-state index contributed by atoms with van der Waals surface area (Å²) >= 11 is 0. The van der Waals surface area contributed by atoms with E-state index in [1.165, 1.54) is 6.07 Å². The van der Waals surface area contributed by atoms with Crippen molar-refractivity contribution in [2.24, 2.45) is 5.73 Å². The van der Waals surface area contributed by atoms with Crippen LogP contribution in [0.15, 0.2) is 18.2 Å². The number of hydrazine groups is 2. The minimum atomic E-state index is -1.22. The van der Waals surface area contributed by atoms with Gasteiger partial charge in [0.05, 0.1) is 6.04 Å². The Morgan fingerprint density at radius 3 is 2.91 bits per heavy atom. The van der Waals surface area contributed by atoms with Gasteiger partial charge in [-0.1, -0.05) is 6.92 Å². The second-order valence-corrected chi connectivity index (χ2v) is 5.22. The Morgan fingerprint density at radius 1 is 1.52 bits per heavy atom. The summed E-state index contributed by atoms with van der Waals surface area (Å²) < 4.78 is 13.8. The van der Waals surface area contributed by atoms with Crippen molar-refractivity contribution in [2.45, 2.75) is 19.0 Å². The maximum Gasteiger partial charge on any atom is 0.322 e. The van der Waals surface area contributed by atoms with Crippen LogP contribution in [0.1, 0.15) is 28.9 Å². The largest absolute Gasteiger partial charge is 0.480 e. The van der Waals surface area contributed by atoms with Gasteiger partial charge in [0, 0.05) is 25.2 Å². The van der Waals surface area contributed by atoms with E-state index in [0.29, 0.717) is 18.7 Å². The van der Waals surface area contributed by atoms with Gasteiger partial charge >= 0.3 is 5.97 Å². The standard InChI is InChI=1S/C14H20FN5O3/c1-2-20-12(7-18-19-20)8-3-9(5-10(15)4-8)13(21)17-6-11(16)14(22)23/h3-5,11-12,18-19H,2,6-7,16H2,1H3,(H,17,21)(H,22,23)/t11-,12?/m1/s1. The molecule has 0 radical (unpaired) electrons. The number of carbonyl (C=O) groups excluding carboxylic acids is 1. The number of hydrogen-bond donors (Lipinski definition) is 5. The fraction of sp³-hybridized carbons (Fsp3) is 0.429. The normalized spacial score (nSPS) is 19.5. The van der Waals surface area contributed by atoms with E-state index < -0.39 is 23.7 Å². The van der Waals surface area contributed by atoms with Gasteiger partial charge in [0.15, 0.2) is 0 Å². The van der Waals surface area contributed by atoms with Crippen LogP contribution in [0.3, 0.4) is 0 Å². The van der Waals surface area contributed by atoms with E-state index in [1.54, 1.807) is 6.07 Å². The summed E-state index contributed by atoms with van der Waals surface area (Å²) in [5.41, 5.74) is 12.0. The van der Waals surface area contributed by atoms with Crippen molar-refractivity contribution in [2.75, 3.05) is 19.6 Å². The quantitative estimate of drug-likeness (QED) is 0.471. The van der Waals surface area contributed by atoms with E-state index in [1.807, 2.05) is 11.9 Å². The minimum absolute atomic E-state index is 0.108. The SMILES string of the molecule is CCN1NNCC1c1cc(F)cc(C(=O)NC[C@@H](N)C(=O)O)c1. The van der Waals surface area contributed by atoms with Gasteiger partial charge in [-0.3, -0.25) is 9.59 Å². The van der Waals surface area contributed by atoms with Crippen molar-refractivity contribution in [3.63, 3.8) is 0 Å². The molecule has 0 saturated carbocycles. The Labute approximate surface area is 132 Å². The van der Waals surface area contributed by atoms with Crippen molar-refractivity contribution in [3.05, 3.63) is 35.1 Å². The van der Waals surface area contributed by atoms with Gasteiger partial charge in [-0.05, 0) is 23.8 Å². The fourth-order valence-corrected chi connectivity index (χ4v) is 2.36. The molecule has 8 nitrogen and oxygen atoms in total. The van der Waals surface area contributed by atoms with Crippen LogP contribution in [0, 0.1) is 5.82 Å². The lowest BCUT2D eigenvalue weighted by Crippen LogP contribution is -2.42. The van der Waals surface area contributed by atoms with Crippen molar-refractivity contribution in [3.8, 4) is 0 Å². The molecule has 1 amide bonds. The van der Waals surface area contributed by atoms with Crippen LogP contribution >= 0.6 is 0 Å². The maximum atomic E-state index is 13.8. The summed E-state index contributed by atoms with van der Waals surface area (Å²) in [6.45, 7) is 2.99. The first kappa shape index (κ1) is 17.3. The van der Waals surface area contributed by atoms with Crippen molar-refractivity contribution < 1.29 is 19.1 Å². The molecule has 1 aliphatic rings. The summed E-state index contributed by atoms with van der Waals surface area (Å²) in [6, 6.07) is 2.76. The highest BCUT2D eigenvalue weighted by molar-refractivity contribution is 5.94. The number of carbonyl (C=O) groups is 2. The number of amides is 1. The number of rotatable bonds is 6. The van der Waals surface area contributed by atoms with E-state index in [-0.39, 0.29) is 18.2 Å². The monoisotopic (exact) mass is 325 g/mol. The highest BCUT2D eigenvalue weighted by Gasteiger charge is 2.25. The second kappa shape index (κ2) is 7.47. The van der Waals surface area contributed by atoms with Gasteiger partial charge in [-0.2, -0.15) is 5.53 Å². The average molecular weight is 325 g/mol. The van der Waals surface area contributed by atoms with Crippen molar-refractivity contribution >= 4 is 11.9 Å². The Kier molecular flexibility index (Phi) is 5.61. The van der Waals surface area contributed by atoms with Crippen molar-refractivity contribution in [1.29, 1.82) is 0 Å². The third-order valence-corrected chi connectivity index (χ3v) is 3.60. The molecule has 2 atom stereocenters. The molecule has 0 aliphatic carbocycles.